The Hall–Kier alpha value is -2.28. The maximum absolute atomic E-state index is 14.3. The topological polar surface area (TPSA) is 145 Å². The van der Waals surface area contributed by atoms with Crippen molar-refractivity contribution in [1.82, 2.24) is 14.5 Å². The van der Waals surface area contributed by atoms with Gasteiger partial charge in [0.2, 0.25) is 6.23 Å². The quantitative estimate of drug-likeness (QED) is 0.557. The van der Waals surface area contributed by atoms with Crippen molar-refractivity contribution in [3.8, 4) is 0 Å². The molecule has 2 aromatic rings. The molecule has 2 saturated heterocycles. The van der Waals surface area contributed by atoms with E-state index in [1.165, 1.54) is 0 Å². The molecular weight excluding hydrogens is 441 g/mol. The first-order valence-electron chi connectivity index (χ1n) is 9.26. The number of aromatic nitrogens is 3. The fraction of sp³-hybridized carbons (Fsp3) is 0.471. The summed E-state index contributed by atoms with van der Waals surface area (Å²) in [6, 6.07) is 4.56. The zero-order valence-electron chi connectivity index (χ0n) is 15.9. The van der Waals surface area contributed by atoms with Crippen LogP contribution in [0.3, 0.4) is 0 Å². The molecule has 11 nitrogen and oxygen atoms in total. The summed E-state index contributed by atoms with van der Waals surface area (Å²) in [7, 11) is -3.91. The first-order chi connectivity index (χ1) is 14.7. The second-order valence-corrected chi connectivity index (χ2v) is 8.63. The number of aliphatic hydroxyl groups is 2. The van der Waals surface area contributed by atoms with Crippen molar-refractivity contribution in [3.05, 3.63) is 52.8 Å². The van der Waals surface area contributed by atoms with Crippen LogP contribution in [0.4, 0.5) is 14.6 Å². The molecule has 31 heavy (non-hydrogen) atoms. The van der Waals surface area contributed by atoms with Crippen LogP contribution in [0, 0.1) is 0 Å². The molecule has 0 amide bonds. The van der Waals surface area contributed by atoms with Crippen LogP contribution >= 0.6 is 7.75 Å². The number of nitrogens with one attached hydrogen (secondary N) is 1. The highest BCUT2D eigenvalue weighted by Crippen LogP contribution is 2.55. The first-order valence-corrected chi connectivity index (χ1v) is 10.8. The van der Waals surface area contributed by atoms with Gasteiger partial charge < -0.3 is 14.9 Å². The number of pyridine rings is 1. The number of halogens is 2. The molecule has 168 valence electrons. The van der Waals surface area contributed by atoms with Gasteiger partial charge in [-0.1, -0.05) is 6.07 Å². The summed E-state index contributed by atoms with van der Waals surface area (Å²) in [4.78, 5) is 19.9. The summed E-state index contributed by atoms with van der Waals surface area (Å²) >= 11 is 0. The van der Waals surface area contributed by atoms with E-state index in [9.17, 15) is 23.2 Å². The second-order valence-electron chi connectivity index (χ2n) is 6.94. The predicted octanol–water partition coefficient (Wildman–Crippen LogP) is 1.22. The van der Waals surface area contributed by atoms with Crippen LogP contribution in [-0.4, -0.2) is 56.1 Å². The molecule has 3 N–H and O–H groups in total. The fourth-order valence-corrected chi connectivity index (χ4v) is 4.79. The minimum absolute atomic E-state index is 0.101. The number of nitrogens with zero attached hydrogens (tertiary/aromatic N) is 3. The molecule has 0 bridgehead atoms. The lowest BCUT2D eigenvalue weighted by Gasteiger charge is -2.30. The smallest absolute Gasteiger partial charge is 0.394 e. The Bertz CT molecular complexity index is 1040. The molecule has 0 radical (unpaired) electrons. The number of ether oxygens (including phenoxy) is 1. The third-order valence-corrected chi connectivity index (χ3v) is 6.41. The van der Waals surface area contributed by atoms with Gasteiger partial charge in [-0.25, -0.2) is 9.36 Å². The molecule has 4 heterocycles. The molecule has 2 aromatic heterocycles. The van der Waals surface area contributed by atoms with E-state index in [0.29, 0.717) is 16.6 Å². The number of hydrogen-bond acceptors (Lipinski definition) is 9. The average molecular weight is 460 g/mol. The van der Waals surface area contributed by atoms with Crippen molar-refractivity contribution in [2.75, 3.05) is 18.3 Å². The zero-order chi connectivity index (χ0) is 22.2. The van der Waals surface area contributed by atoms with E-state index in [4.69, 9.17) is 18.9 Å². The third kappa shape index (κ3) is 4.25. The van der Waals surface area contributed by atoms with Crippen molar-refractivity contribution in [3.63, 3.8) is 0 Å². The van der Waals surface area contributed by atoms with Gasteiger partial charge in [0.25, 0.3) is 0 Å². The fourth-order valence-electron chi connectivity index (χ4n) is 3.30. The number of anilines is 1. The molecule has 0 saturated carbocycles. The van der Waals surface area contributed by atoms with E-state index in [0.717, 1.165) is 12.3 Å². The maximum atomic E-state index is 14.3. The molecule has 2 fully saturated rings. The highest BCUT2D eigenvalue weighted by molar-refractivity contribution is 7.55. The van der Waals surface area contributed by atoms with E-state index >= 15 is 0 Å². The third-order valence-electron chi connectivity index (χ3n) is 4.86. The second kappa shape index (κ2) is 8.34. The lowest BCUT2D eigenvalue weighted by atomic mass is 10.1. The molecule has 2 aliphatic heterocycles. The summed E-state index contributed by atoms with van der Waals surface area (Å²) in [5, 5.41) is 21.1. The van der Waals surface area contributed by atoms with Crippen LogP contribution in [0.2, 0.25) is 0 Å². The molecular formula is C17H19F2N4O7P. The minimum atomic E-state index is -3.91. The monoisotopic (exact) mass is 460 g/mol. The standard InChI is InChI=1S/C17H19F2N4O7P/c18-17(19)14(25)12(9-24)29-15(17)23-6-3-13(21-16(23)26)22-31(27)28-7-4-11(30-31)10-2-1-5-20-8-10/h1-3,5-6,8,11-12,14-15,24-25H,4,7,9H2,(H,21,22,26,27)/t11?,12-,14-,15-,31?/m1/s1. The maximum Gasteiger partial charge on any atom is 0.434 e. The minimum Gasteiger partial charge on any atom is -0.394 e. The summed E-state index contributed by atoms with van der Waals surface area (Å²) in [5.74, 6) is -4.07. The van der Waals surface area contributed by atoms with Gasteiger partial charge in [0.1, 0.15) is 11.9 Å². The van der Waals surface area contributed by atoms with Gasteiger partial charge in [0, 0.05) is 25.0 Å². The predicted molar refractivity (Wildman–Crippen MR) is 100 cm³/mol. The lowest BCUT2D eigenvalue weighted by molar-refractivity contribution is -0.140. The first kappa shape index (κ1) is 21.9. The molecule has 0 spiro atoms. The van der Waals surface area contributed by atoms with Crippen molar-refractivity contribution < 1.29 is 37.3 Å². The van der Waals surface area contributed by atoms with Gasteiger partial charge in [0.05, 0.1) is 19.3 Å². The van der Waals surface area contributed by atoms with Gasteiger partial charge in [0.15, 0.2) is 6.10 Å². The molecule has 5 atom stereocenters. The van der Waals surface area contributed by atoms with Crippen LogP contribution in [0.5, 0.6) is 0 Å². The number of rotatable bonds is 5. The Morgan fingerprint density at radius 3 is 2.84 bits per heavy atom. The van der Waals surface area contributed by atoms with Crippen molar-refractivity contribution in [2.45, 2.75) is 36.9 Å². The molecule has 2 unspecified atom stereocenters. The van der Waals surface area contributed by atoms with E-state index in [2.05, 4.69) is 15.1 Å². The van der Waals surface area contributed by atoms with E-state index < -0.39 is 50.5 Å². The van der Waals surface area contributed by atoms with Crippen molar-refractivity contribution >= 4 is 13.6 Å². The molecule has 0 aliphatic carbocycles. The Morgan fingerprint density at radius 1 is 1.39 bits per heavy atom. The summed E-state index contributed by atoms with van der Waals surface area (Å²) in [6.45, 7) is -0.755. The van der Waals surface area contributed by atoms with Crippen LogP contribution in [0.1, 0.15) is 24.3 Å². The number of aliphatic hydroxyl groups excluding tert-OH is 2. The van der Waals surface area contributed by atoms with Crippen molar-refractivity contribution in [1.29, 1.82) is 0 Å². The Kier molecular flexibility index (Phi) is 5.90. The molecule has 14 heteroatoms. The highest BCUT2D eigenvalue weighted by Gasteiger charge is 2.59. The molecule has 0 aromatic carbocycles. The van der Waals surface area contributed by atoms with Gasteiger partial charge >= 0.3 is 19.4 Å². The van der Waals surface area contributed by atoms with Crippen molar-refractivity contribution in [2.24, 2.45) is 0 Å². The zero-order valence-corrected chi connectivity index (χ0v) is 16.8. The normalized spacial score (nSPS) is 32.6. The van der Waals surface area contributed by atoms with Crippen LogP contribution in [-0.2, 0) is 18.3 Å². The molecule has 2 aliphatic rings. The Labute approximate surface area is 174 Å². The summed E-state index contributed by atoms with van der Waals surface area (Å²) in [6.07, 6.45) is -2.07. The van der Waals surface area contributed by atoms with Crippen LogP contribution in [0.25, 0.3) is 0 Å². The number of hydrogen-bond donors (Lipinski definition) is 3. The van der Waals surface area contributed by atoms with Gasteiger partial charge in [-0.2, -0.15) is 13.8 Å². The largest absolute Gasteiger partial charge is 0.434 e. The summed E-state index contributed by atoms with van der Waals surface area (Å²) < 4.78 is 57.6. The van der Waals surface area contributed by atoms with Gasteiger partial charge in [-0.05, 0) is 17.7 Å². The molecule has 4 rings (SSSR count). The number of alkyl halides is 2. The Balaban J connectivity index is 1.52. The average Bonchev–Trinajstić information content (AvgIpc) is 2.97. The summed E-state index contributed by atoms with van der Waals surface area (Å²) in [5.41, 5.74) is -0.471. The van der Waals surface area contributed by atoms with E-state index in [-0.39, 0.29) is 12.4 Å². The van der Waals surface area contributed by atoms with Crippen LogP contribution in [0.15, 0.2) is 41.6 Å². The Morgan fingerprint density at radius 2 is 2.19 bits per heavy atom. The van der Waals surface area contributed by atoms with Crippen LogP contribution < -0.4 is 10.8 Å². The van der Waals surface area contributed by atoms with E-state index in [1.807, 2.05) is 0 Å². The van der Waals surface area contributed by atoms with Gasteiger partial charge in [-0.15, -0.1) is 0 Å². The SMILES string of the molecule is O=c1nc(NP2(=O)OCCC(c3cccnc3)O2)ccn1[C@@H]1O[C@H](CO)[C@@H](O)C1(F)F. The van der Waals surface area contributed by atoms with E-state index in [1.54, 1.807) is 24.5 Å². The van der Waals surface area contributed by atoms with Gasteiger partial charge in [-0.3, -0.25) is 23.7 Å². The lowest BCUT2D eigenvalue weighted by Crippen LogP contribution is -2.41. The highest BCUT2D eigenvalue weighted by atomic mass is 31.2.